The predicted molar refractivity (Wildman–Crippen MR) is 184 cm³/mol. The molecule has 0 aliphatic heterocycles. The largest absolute Gasteiger partial charge is 0.394 e. The van der Waals surface area contributed by atoms with Gasteiger partial charge >= 0.3 is 0 Å². The molecule has 0 aliphatic carbocycles. The lowest BCUT2D eigenvalue weighted by molar-refractivity contribution is -0.123. The fourth-order valence-electron chi connectivity index (χ4n) is 5.82. The highest BCUT2D eigenvalue weighted by Crippen LogP contribution is 2.15. The molecule has 2 unspecified atom stereocenters. The number of hydrogen-bond donors (Lipinski definition) is 3. The molecule has 0 heterocycles. The molecule has 0 radical (unpaired) electrons. The van der Waals surface area contributed by atoms with Crippen molar-refractivity contribution >= 4 is 5.91 Å². The Morgan fingerprint density at radius 3 is 1.24 bits per heavy atom. The van der Waals surface area contributed by atoms with Gasteiger partial charge in [-0.2, -0.15) is 0 Å². The van der Waals surface area contributed by atoms with Crippen LogP contribution in [0.15, 0.2) is 12.2 Å². The second-order valence-corrected chi connectivity index (χ2v) is 13.0. The molecule has 0 spiro atoms. The molecular formula is C38H75NO3. The summed E-state index contributed by atoms with van der Waals surface area (Å²) in [6, 6.07) is -0.614. The molecule has 0 saturated carbocycles. The quantitative estimate of drug-likeness (QED) is 0.0513. The first kappa shape index (κ1) is 41.1. The maximum atomic E-state index is 12.3. The Kier molecular flexibility index (Phi) is 33.9. The summed E-state index contributed by atoms with van der Waals surface area (Å²) in [7, 11) is 0. The van der Waals surface area contributed by atoms with Crippen molar-refractivity contribution in [3.05, 3.63) is 12.2 Å². The van der Waals surface area contributed by atoms with Crippen molar-refractivity contribution in [1.82, 2.24) is 5.32 Å². The molecule has 0 aromatic rings. The van der Waals surface area contributed by atoms with Crippen LogP contribution in [0.3, 0.4) is 0 Å². The highest BCUT2D eigenvalue weighted by molar-refractivity contribution is 5.76. The maximum absolute atomic E-state index is 12.3. The second kappa shape index (κ2) is 34.6. The van der Waals surface area contributed by atoms with Gasteiger partial charge in [-0.25, -0.2) is 0 Å². The Labute approximate surface area is 263 Å². The van der Waals surface area contributed by atoms with Gasteiger partial charge in [0.25, 0.3) is 0 Å². The van der Waals surface area contributed by atoms with Crippen LogP contribution in [0.4, 0.5) is 0 Å². The molecule has 3 N–H and O–H groups in total. The predicted octanol–water partition coefficient (Wildman–Crippen LogP) is 11.1. The van der Waals surface area contributed by atoms with E-state index < -0.39 is 12.1 Å². The minimum atomic E-state index is -0.831. The van der Waals surface area contributed by atoms with E-state index in [1.54, 1.807) is 6.08 Å². The van der Waals surface area contributed by atoms with Crippen molar-refractivity contribution in [2.45, 2.75) is 219 Å². The first-order valence-corrected chi connectivity index (χ1v) is 18.9. The molecule has 0 aromatic heterocycles. The highest BCUT2D eigenvalue weighted by atomic mass is 16.3. The summed E-state index contributed by atoms with van der Waals surface area (Å²) in [5.74, 6) is -0.0623. The van der Waals surface area contributed by atoms with E-state index in [1.165, 1.54) is 161 Å². The smallest absolute Gasteiger partial charge is 0.220 e. The van der Waals surface area contributed by atoms with Crippen molar-refractivity contribution in [1.29, 1.82) is 0 Å². The fraction of sp³-hybridized carbons (Fsp3) is 0.921. The number of hydrogen-bond acceptors (Lipinski definition) is 3. The third-order valence-electron chi connectivity index (χ3n) is 8.77. The van der Waals surface area contributed by atoms with Crippen LogP contribution >= 0.6 is 0 Å². The zero-order valence-electron chi connectivity index (χ0n) is 28.5. The average molecular weight is 594 g/mol. The Balaban J connectivity index is 3.59. The molecule has 0 saturated heterocycles. The molecule has 4 nitrogen and oxygen atoms in total. The molecule has 0 aromatic carbocycles. The Morgan fingerprint density at radius 1 is 0.548 bits per heavy atom. The van der Waals surface area contributed by atoms with Crippen LogP contribution in [0.1, 0.15) is 206 Å². The Bertz CT molecular complexity index is 565. The van der Waals surface area contributed by atoms with Crippen LogP contribution < -0.4 is 5.32 Å². The molecule has 250 valence electrons. The van der Waals surface area contributed by atoms with Crippen molar-refractivity contribution < 1.29 is 15.0 Å². The third-order valence-corrected chi connectivity index (χ3v) is 8.77. The lowest BCUT2D eigenvalue weighted by atomic mass is 10.0. The van der Waals surface area contributed by atoms with Crippen LogP contribution in [-0.4, -0.2) is 34.9 Å². The fourth-order valence-corrected chi connectivity index (χ4v) is 5.82. The van der Waals surface area contributed by atoms with Gasteiger partial charge in [0.15, 0.2) is 0 Å². The molecule has 0 aliphatic rings. The lowest BCUT2D eigenvalue weighted by Gasteiger charge is -2.20. The number of allylic oxidation sites excluding steroid dienone is 1. The standard InChI is InChI=1S/C38H75NO3/c1-3-5-7-9-11-13-15-17-19-21-23-25-27-29-31-33-37(41)36(35-40)39-38(42)34-32-30-28-26-24-22-20-18-16-14-12-10-8-6-4-2/h31,33,36-37,40-41H,3-30,32,34-35H2,1-2H3,(H,39,42). The molecule has 4 heteroatoms. The third kappa shape index (κ3) is 30.6. The van der Waals surface area contributed by atoms with Crippen LogP contribution in [0.5, 0.6) is 0 Å². The summed E-state index contributed by atoms with van der Waals surface area (Å²) in [5.41, 5.74) is 0. The van der Waals surface area contributed by atoms with E-state index in [2.05, 4.69) is 19.2 Å². The summed E-state index contributed by atoms with van der Waals surface area (Å²) < 4.78 is 0. The topological polar surface area (TPSA) is 69.6 Å². The normalized spacial score (nSPS) is 13.1. The number of amides is 1. The molecule has 0 rings (SSSR count). The van der Waals surface area contributed by atoms with Gasteiger partial charge in [0.1, 0.15) is 0 Å². The SMILES string of the molecule is CCCCCCCCCCCCCCCC=CC(O)C(CO)NC(=O)CCCCCCCCCCCCCCCCC. The van der Waals surface area contributed by atoms with Crippen molar-refractivity contribution in [3.63, 3.8) is 0 Å². The van der Waals surface area contributed by atoms with Gasteiger partial charge in [0.05, 0.1) is 18.8 Å². The van der Waals surface area contributed by atoms with E-state index in [4.69, 9.17) is 0 Å². The number of carbonyl (C=O) groups excluding carboxylic acids is 1. The number of aliphatic hydroxyl groups is 2. The summed E-state index contributed by atoms with van der Waals surface area (Å²) in [5, 5.41) is 22.9. The number of rotatable bonds is 34. The number of unbranched alkanes of at least 4 members (excludes halogenated alkanes) is 27. The maximum Gasteiger partial charge on any atom is 0.220 e. The summed E-state index contributed by atoms with van der Waals surface area (Å²) >= 11 is 0. The number of carbonyl (C=O) groups is 1. The van der Waals surface area contributed by atoms with E-state index in [1.807, 2.05) is 6.08 Å². The summed E-state index contributed by atoms with van der Waals surface area (Å²) in [6.45, 7) is 4.31. The van der Waals surface area contributed by atoms with Gasteiger partial charge in [-0.1, -0.05) is 193 Å². The number of aliphatic hydroxyl groups excluding tert-OH is 2. The monoisotopic (exact) mass is 594 g/mol. The van der Waals surface area contributed by atoms with Gasteiger partial charge in [0, 0.05) is 6.42 Å². The number of nitrogens with one attached hydrogen (secondary N) is 1. The van der Waals surface area contributed by atoms with Gasteiger partial charge in [0.2, 0.25) is 5.91 Å². The second-order valence-electron chi connectivity index (χ2n) is 13.0. The Hall–Kier alpha value is -0.870. The van der Waals surface area contributed by atoms with E-state index in [-0.39, 0.29) is 12.5 Å². The van der Waals surface area contributed by atoms with E-state index in [0.29, 0.717) is 6.42 Å². The molecule has 1 amide bonds. The first-order chi connectivity index (χ1) is 20.7. The van der Waals surface area contributed by atoms with E-state index >= 15 is 0 Å². The van der Waals surface area contributed by atoms with Gasteiger partial charge in [-0.3, -0.25) is 4.79 Å². The zero-order valence-corrected chi connectivity index (χ0v) is 28.5. The minimum absolute atomic E-state index is 0.0623. The molecule has 0 fully saturated rings. The molecule has 42 heavy (non-hydrogen) atoms. The molecule has 0 bridgehead atoms. The van der Waals surface area contributed by atoms with Crippen molar-refractivity contribution in [3.8, 4) is 0 Å². The van der Waals surface area contributed by atoms with E-state index in [9.17, 15) is 15.0 Å². The Morgan fingerprint density at radius 2 is 0.881 bits per heavy atom. The van der Waals surface area contributed by atoms with Crippen LogP contribution in [0, 0.1) is 0 Å². The minimum Gasteiger partial charge on any atom is -0.394 e. The van der Waals surface area contributed by atoms with Crippen LogP contribution in [-0.2, 0) is 4.79 Å². The van der Waals surface area contributed by atoms with Crippen molar-refractivity contribution in [2.24, 2.45) is 0 Å². The van der Waals surface area contributed by atoms with Gasteiger partial charge in [-0.05, 0) is 19.3 Å². The lowest BCUT2D eigenvalue weighted by Crippen LogP contribution is -2.45. The van der Waals surface area contributed by atoms with Gasteiger partial charge in [-0.15, -0.1) is 0 Å². The van der Waals surface area contributed by atoms with E-state index in [0.717, 1.165) is 25.7 Å². The van der Waals surface area contributed by atoms with Crippen molar-refractivity contribution in [2.75, 3.05) is 6.61 Å². The highest BCUT2D eigenvalue weighted by Gasteiger charge is 2.17. The van der Waals surface area contributed by atoms with Crippen LogP contribution in [0.2, 0.25) is 0 Å². The van der Waals surface area contributed by atoms with Crippen LogP contribution in [0.25, 0.3) is 0 Å². The first-order valence-electron chi connectivity index (χ1n) is 18.9. The zero-order chi connectivity index (χ0) is 30.8. The summed E-state index contributed by atoms with van der Waals surface area (Å²) in [6.07, 6.45) is 41.5. The molecule has 2 atom stereocenters. The molecular weight excluding hydrogens is 518 g/mol. The average Bonchev–Trinajstić information content (AvgIpc) is 2.99. The summed E-state index contributed by atoms with van der Waals surface area (Å²) in [4.78, 5) is 12.3. The van der Waals surface area contributed by atoms with Gasteiger partial charge < -0.3 is 15.5 Å².